The van der Waals surface area contributed by atoms with Gasteiger partial charge in [0.15, 0.2) is 0 Å². The van der Waals surface area contributed by atoms with Crippen molar-refractivity contribution in [1.29, 1.82) is 0 Å². The van der Waals surface area contributed by atoms with E-state index >= 15 is 0 Å². The molecule has 0 aliphatic rings. The monoisotopic (exact) mass is 1150 g/mol. The Kier molecular flexibility index (Phi) is 51.1. The van der Waals surface area contributed by atoms with E-state index < -0.39 is 35.0 Å². The molecular formula is C66H126N6O9. The number of rotatable bonds is 60. The Morgan fingerprint density at radius 3 is 0.630 bits per heavy atom. The van der Waals surface area contributed by atoms with Crippen LogP contribution < -0.4 is 17.1 Å². The van der Waals surface area contributed by atoms with E-state index in [1.165, 1.54) is 193 Å². The van der Waals surface area contributed by atoms with E-state index in [4.69, 9.17) is 14.2 Å². The van der Waals surface area contributed by atoms with Gasteiger partial charge in [0.2, 0.25) is 0 Å². The largest absolute Gasteiger partial charge is 0.464 e. The predicted octanol–water partition coefficient (Wildman–Crippen LogP) is 14.0. The number of unbranched alkanes of at least 4 members (excludes halogenated alkanes) is 30. The minimum atomic E-state index is -0.880. The molecule has 0 bridgehead atoms. The van der Waals surface area contributed by atoms with Gasteiger partial charge < -0.3 is 28.9 Å². The zero-order valence-electron chi connectivity index (χ0n) is 53.5. The Morgan fingerprint density at radius 1 is 0.272 bits per heavy atom. The first-order valence-electron chi connectivity index (χ1n) is 34.1. The van der Waals surface area contributed by atoms with Crippen molar-refractivity contribution in [3.8, 4) is 0 Å². The maximum absolute atomic E-state index is 14.0. The van der Waals surface area contributed by atoms with E-state index in [0.717, 1.165) is 91.5 Å². The number of hydrogen-bond acceptors (Lipinski definition) is 12. The number of ether oxygens (including phenoxy) is 3. The summed E-state index contributed by atoms with van der Waals surface area (Å²) in [6.07, 6.45) is 43.8. The standard InChI is InChI=1S/C66H126N6O9/c1-7-13-19-25-31-37-46-67(47-38-32-26-20-14-8-2)52-43-61(73)79-58-55-70-64(76)71(56-59-80-62(74)44-53-68(48-39-33-27-21-15-9-3)49-40-34-28-22-16-10-4)66(78)72(65(70)77)57-60-81-63(75)45-54-69(50-41-35-29-23-17-11-5)51-42-36-30-24-18-12-6/h7-60H2,1-6H3. The van der Waals surface area contributed by atoms with Crippen molar-refractivity contribution in [3.05, 3.63) is 31.5 Å². The molecule has 0 N–H and O–H groups in total. The number of hydrogen-bond donors (Lipinski definition) is 0. The van der Waals surface area contributed by atoms with Crippen molar-refractivity contribution in [3.63, 3.8) is 0 Å². The van der Waals surface area contributed by atoms with Crippen LogP contribution in [-0.4, -0.2) is 125 Å². The fraction of sp³-hybridized carbons (Fsp3) is 0.909. The molecule has 0 saturated heterocycles. The molecule has 0 fully saturated rings. The first-order chi connectivity index (χ1) is 39.6. The molecule has 0 spiro atoms. The molecule has 0 radical (unpaired) electrons. The molecule has 1 aromatic heterocycles. The van der Waals surface area contributed by atoms with Crippen molar-refractivity contribution in [2.45, 2.75) is 312 Å². The first kappa shape index (κ1) is 75.7. The second kappa shape index (κ2) is 54.6. The van der Waals surface area contributed by atoms with Crippen LogP contribution in [0.4, 0.5) is 0 Å². The van der Waals surface area contributed by atoms with Crippen molar-refractivity contribution < 1.29 is 28.6 Å². The molecule has 1 heterocycles. The molecule has 0 saturated carbocycles. The van der Waals surface area contributed by atoms with E-state index in [0.29, 0.717) is 19.6 Å². The number of esters is 3. The topological polar surface area (TPSA) is 155 Å². The van der Waals surface area contributed by atoms with Crippen molar-refractivity contribution in [1.82, 2.24) is 28.4 Å². The highest BCUT2D eigenvalue weighted by Crippen LogP contribution is 2.14. The van der Waals surface area contributed by atoms with Gasteiger partial charge in [-0.2, -0.15) is 0 Å². The van der Waals surface area contributed by atoms with Crippen molar-refractivity contribution in [2.75, 3.05) is 78.7 Å². The molecule has 15 heteroatoms. The lowest BCUT2D eigenvalue weighted by Crippen LogP contribution is -2.55. The highest BCUT2D eigenvalue weighted by atomic mass is 16.5. The molecular weight excluding hydrogens is 1020 g/mol. The van der Waals surface area contributed by atoms with Crippen LogP contribution in [0.25, 0.3) is 0 Å². The SMILES string of the molecule is CCCCCCCCN(CCCCCCCC)CCC(=O)OCCn1c(=O)n(CCOC(=O)CCN(CCCCCCCC)CCCCCCCC)c(=O)n(CCOC(=O)CCN(CCCCCCCC)CCCCCCCC)c1=O. The summed E-state index contributed by atoms with van der Waals surface area (Å²) < 4.78 is 19.6. The minimum Gasteiger partial charge on any atom is -0.464 e. The maximum Gasteiger partial charge on any atom is 0.336 e. The van der Waals surface area contributed by atoms with Gasteiger partial charge in [-0.25, -0.2) is 28.1 Å². The summed E-state index contributed by atoms with van der Waals surface area (Å²) in [5.41, 5.74) is -2.64. The summed E-state index contributed by atoms with van der Waals surface area (Å²) >= 11 is 0. The molecule has 81 heavy (non-hydrogen) atoms. The van der Waals surface area contributed by atoms with Gasteiger partial charge >= 0.3 is 35.0 Å². The average molecular weight is 1150 g/mol. The summed E-state index contributed by atoms with van der Waals surface area (Å²) in [6.45, 7) is 19.1. The molecule has 1 aromatic rings. The van der Waals surface area contributed by atoms with Gasteiger partial charge in [-0.15, -0.1) is 0 Å². The Bertz CT molecular complexity index is 1550. The second-order valence-electron chi connectivity index (χ2n) is 23.3. The fourth-order valence-corrected chi connectivity index (χ4v) is 10.7. The molecule has 0 aliphatic carbocycles. The fourth-order valence-electron chi connectivity index (χ4n) is 10.7. The predicted molar refractivity (Wildman–Crippen MR) is 336 cm³/mol. The zero-order valence-corrected chi connectivity index (χ0v) is 53.5. The Hall–Kier alpha value is -3.30. The van der Waals surface area contributed by atoms with Crippen molar-refractivity contribution in [2.24, 2.45) is 0 Å². The molecule has 15 nitrogen and oxygen atoms in total. The third-order valence-electron chi connectivity index (χ3n) is 16.0. The molecule has 1 rings (SSSR count). The van der Waals surface area contributed by atoms with Gasteiger partial charge in [0, 0.05) is 19.6 Å². The molecule has 0 aromatic carbocycles. The van der Waals surface area contributed by atoms with Crippen LogP contribution in [0.5, 0.6) is 0 Å². The summed E-state index contributed by atoms with van der Waals surface area (Å²) in [5.74, 6) is -1.25. The molecule has 0 amide bonds. The molecule has 474 valence electrons. The smallest absolute Gasteiger partial charge is 0.336 e. The Morgan fingerprint density at radius 2 is 0.444 bits per heavy atom. The van der Waals surface area contributed by atoms with Crippen LogP contribution in [0.3, 0.4) is 0 Å². The van der Waals surface area contributed by atoms with Crippen LogP contribution in [0, 0.1) is 0 Å². The van der Waals surface area contributed by atoms with Crippen LogP contribution >= 0.6 is 0 Å². The summed E-state index contributed by atoms with van der Waals surface area (Å²) in [4.78, 5) is 88.8. The van der Waals surface area contributed by atoms with Gasteiger partial charge in [-0.1, -0.05) is 234 Å². The van der Waals surface area contributed by atoms with Crippen molar-refractivity contribution >= 4 is 17.9 Å². The number of nitrogens with zero attached hydrogens (tertiary/aromatic N) is 6. The first-order valence-corrected chi connectivity index (χ1v) is 34.1. The lowest BCUT2D eigenvalue weighted by molar-refractivity contribution is -0.145. The van der Waals surface area contributed by atoms with Crippen LogP contribution in [0.15, 0.2) is 14.4 Å². The molecule has 0 unspecified atom stereocenters. The third-order valence-corrected chi connectivity index (χ3v) is 16.0. The molecule has 0 aliphatic heterocycles. The van der Waals surface area contributed by atoms with Crippen LogP contribution in [0.1, 0.15) is 292 Å². The van der Waals surface area contributed by atoms with Gasteiger partial charge in [0.05, 0.1) is 38.9 Å². The Balaban J connectivity index is 3.18. The van der Waals surface area contributed by atoms with E-state index in [1.807, 2.05) is 0 Å². The van der Waals surface area contributed by atoms with E-state index in [-0.39, 0.29) is 58.7 Å². The van der Waals surface area contributed by atoms with E-state index in [1.54, 1.807) is 0 Å². The van der Waals surface area contributed by atoms with Crippen LogP contribution in [0.2, 0.25) is 0 Å². The summed E-state index contributed by atoms with van der Waals surface area (Å²) in [6, 6.07) is 0. The number of carbonyl (C=O) groups excluding carboxylic acids is 3. The van der Waals surface area contributed by atoms with Gasteiger partial charge in [0.25, 0.3) is 0 Å². The zero-order chi connectivity index (χ0) is 59.2. The summed E-state index contributed by atoms with van der Waals surface area (Å²) in [7, 11) is 0. The number of aromatic nitrogens is 3. The lowest BCUT2D eigenvalue weighted by Gasteiger charge is -2.22. The van der Waals surface area contributed by atoms with E-state index in [9.17, 15) is 28.8 Å². The van der Waals surface area contributed by atoms with Gasteiger partial charge in [0.1, 0.15) is 19.8 Å². The summed E-state index contributed by atoms with van der Waals surface area (Å²) in [5, 5.41) is 0. The molecule has 0 atom stereocenters. The minimum absolute atomic E-state index is 0.187. The van der Waals surface area contributed by atoms with E-state index in [2.05, 4.69) is 56.2 Å². The lowest BCUT2D eigenvalue weighted by atomic mass is 10.1. The highest BCUT2D eigenvalue weighted by molar-refractivity contribution is 5.70. The van der Waals surface area contributed by atoms with Crippen LogP contribution in [-0.2, 0) is 48.2 Å². The Labute approximate surface area is 494 Å². The van der Waals surface area contributed by atoms with Gasteiger partial charge in [-0.05, 0) is 77.8 Å². The maximum atomic E-state index is 14.0. The van der Waals surface area contributed by atoms with Gasteiger partial charge in [-0.3, -0.25) is 14.4 Å². The normalized spacial score (nSPS) is 11.7. The average Bonchev–Trinajstić information content (AvgIpc) is 3.47. The highest BCUT2D eigenvalue weighted by Gasteiger charge is 2.19. The second-order valence-corrected chi connectivity index (χ2v) is 23.3. The third kappa shape index (κ3) is 41.4. The quantitative estimate of drug-likeness (QED) is 0.0346. The number of carbonyl (C=O) groups is 3.